The first-order valence-electron chi connectivity index (χ1n) is 7.55. The summed E-state index contributed by atoms with van der Waals surface area (Å²) in [5.41, 5.74) is 1.23. The van der Waals surface area contributed by atoms with E-state index < -0.39 is 0 Å². The highest BCUT2D eigenvalue weighted by atomic mass is 16.2. The van der Waals surface area contributed by atoms with Crippen LogP contribution >= 0.6 is 0 Å². The molecule has 2 fully saturated rings. The minimum Gasteiger partial charge on any atom is -0.335 e. The third-order valence-corrected chi connectivity index (χ3v) is 4.59. The van der Waals surface area contributed by atoms with E-state index in [1.165, 1.54) is 18.4 Å². The van der Waals surface area contributed by atoms with Crippen molar-refractivity contribution in [2.45, 2.75) is 31.8 Å². The predicted octanol–water partition coefficient (Wildman–Crippen LogP) is 0.948. The summed E-state index contributed by atoms with van der Waals surface area (Å²) in [4.78, 5) is 16.6. The van der Waals surface area contributed by atoms with Crippen LogP contribution in [0.2, 0.25) is 0 Å². The van der Waals surface area contributed by atoms with Crippen molar-refractivity contribution in [3.8, 4) is 0 Å². The van der Waals surface area contributed by atoms with E-state index in [1.54, 1.807) is 6.20 Å². The lowest BCUT2D eigenvalue weighted by Gasteiger charge is -2.24. The Labute approximate surface area is 125 Å². The van der Waals surface area contributed by atoms with Gasteiger partial charge in [0.1, 0.15) is 0 Å². The lowest BCUT2D eigenvalue weighted by atomic mass is 10.1. The molecular formula is C15H23N5O. The van der Waals surface area contributed by atoms with Crippen LogP contribution in [-0.2, 0) is 4.79 Å². The zero-order valence-electron chi connectivity index (χ0n) is 12.9. The number of rotatable bonds is 4. The quantitative estimate of drug-likeness (QED) is 0.774. The maximum Gasteiger partial charge on any atom is 0.246 e. The number of likely N-dealkylation sites (N-methyl/N-ethyl adjacent to an activating group) is 1. The molecule has 0 bridgehead atoms. The predicted molar refractivity (Wildman–Crippen MR) is 79.6 cm³/mol. The summed E-state index contributed by atoms with van der Waals surface area (Å²) in [5.74, 6) is 0.779. The van der Waals surface area contributed by atoms with Gasteiger partial charge in [-0.25, -0.2) is 4.68 Å². The Morgan fingerprint density at radius 1 is 1.33 bits per heavy atom. The van der Waals surface area contributed by atoms with Crippen LogP contribution in [0.4, 0.5) is 0 Å². The molecule has 0 radical (unpaired) electrons. The average Bonchev–Trinajstić information content (AvgIpc) is 2.99. The second-order valence-electron chi connectivity index (χ2n) is 6.39. The van der Waals surface area contributed by atoms with Crippen LogP contribution in [0.1, 0.15) is 25.8 Å². The molecule has 1 aromatic rings. The van der Waals surface area contributed by atoms with Gasteiger partial charge in [0.2, 0.25) is 5.91 Å². The van der Waals surface area contributed by atoms with Crippen molar-refractivity contribution in [1.29, 1.82) is 0 Å². The SMILES string of the molecule is C/C(=C\C(=O)N1C[C@@H](N(C)C)[C@@H](n2ccnn2)C1)C1CC1. The molecule has 3 rings (SSSR count). The van der Waals surface area contributed by atoms with Gasteiger partial charge in [0.15, 0.2) is 0 Å². The molecule has 0 N–H and O–H groups in total. The fourth-order valence-corrected chi connectivity index (χ4v) is 3.05. The summed E-state index contributed by atoms with van der Waals surface area (Å²) in [7, 11) is 4.10. The smallest absolute Gasteiger partial charge is 0.246 e. The number of carbonyl (C=O) groups excluding carboxylic acids is 1. The maximum absolute atomic E-state index is 12.5. The van der Waals surface area contributed by atoms with E-state index in [9.17, 15) is 4.79 Å². The Morgan fingerprint density at radius 2 is 2.10 bits per heavy atom. The Hall–Kier alpha value is -1.69. The van der Waals surface area contributed by atoms with Gasteiger partial charge < -0.3 is 9.80 Å². The Bertz CT molecular complexity index is 532. The molecule has 1 saturated heterocycles. The van der Waals surface area contributed by atoms with Crippen LogP contribution in [-0.4, -0.2) is 63.9 Å². The molecule has 6 nitrogen and oxygen atoms in total. The molecule has 0 unspecified atom stereocenters. The summed E-state index contributed by atoms with van der Waals surface area (Å²) in [6.07, 6.45) is 7.86. The topological polar surface area (TPSA) is 54.3 Å². The first kappa shape index (κ1) is 14.3. The summed E-state index contributed by atoms with van der Waals surface area (Å²) in [5, 5.41) is 8.00. The molecule has 0 spiro atoms. The number of likely N-dealkylation sites (tertiary alicyclic amines) is 1. The summed E-state index contributed by atoms with van der Waals surface area (Å²) in [6, 6.07) is 0.436. The Kier molecular flexibility index (Phi) is 3.80. The molecule has 1 aromatic heterocycles. The maximum atomic E-state index is 12.5. The fourth-order valence-electron chi connectivity index (χ4n) is 3.05. The van der Waals surface area contributed by atoms with Crippen molar-refractivity contribution in [1.82, 2.24) is 24.8 Å². The average molecular weight is 289 g/mol. The largest absolute Gasteiger partial charge is 0.335 e. The molecule has 2 atom stereocenters. The van der Waals surface area contributed by atoms with Gasteiger partial charge in [-0.15, -0.1) is 5.10 Å². The number of amides is 1. The molecule has 1 saturated carbocycles. The van der Waals surface area contributed by atoms with E-state index in [4.69, 9.17) is 0 Å². The highest BCUT2D eigenvalue weighted by molar-refractivity contribution is 5.88. The minimum absolute atomic E-state index is 0.133. The third kappa shape index (κ3) is 3.00. The van der Waals surface area contributed by atoms with Gasteiger partial charge in [-0.2, -0.15) is 0 Å². The van der Waals surface area contributed by atoms with Gasteiger partial charge in [-0.1, -0.05) is 10.8 Å². The van der Waals surface area contributed by atoms with Crippen LogP contribution in [0.15, 0.2) is 24.0 Å². The van der Waals surface area contributed by atoms with Crippen molar-refractivity contribution in [3.05, 3.63) is 24.0 Å². The first-order chi connectivity index (χ1) is 10.1. The monoisotopic (exact) mass is 289 g/mol. The van der Waals surface area contributed by atoms with Gasteiger partial charge in [0, 0.05) is 25.4 Å². The third-order valence-electron chi connectivity index (χ3n) is 4.59. The van der Waals surface area contributed by atoms with Gasteiger partial charge in [0.05, 0.1) is 18.3 Å². The van der Waals surface area contributed by atoms with E-state index in [-0.39, 0.29) is 18.0 Å². The summed E-state index contributed by atoms with van der Waals surface area (Å²) in [6.45, 7) is 3.51. The highest BCUT2D eigenvalue weighted by Crippen LogP contribution is 2.36. The molecule has 114 valence electrons. The second-order valence-corrected chi connectivity index (χ2v) is 6.39. The van der Waals surface area contributed by atoms with E-state index in [0.29, 0.717) is 12.5 Å². The van der Waals surface area contributed by atoms with Crippen LogP contribution in [0.25, 0.3) is 0 Å². The molecule has 1 aliphatic carbocycles. The highest BCUT2D eigenvalue weighted by Gasteiger charge is 2.38. The number of nitrogens with zero attached hydrogens (tertiary/aromatic N) is 5. The molecule has 6 heteroatoms. The fraction of sp³-hybridized carbons (Fsp3) is 0.667. The van der Waals surface area contributed by atoms with E-state index in [2.05, 4.69) is 22.1 Å². The van der Waals surface area contributed by atoms with E-state index in [0.717, 1.165) is 6.54 Å². The molecule has 21 heavy (non-hydrogen) atoms. The molecular weight excluding hydrogens is 266 g/mol. The number of hydrogen-bond donors (Lipinski definition) is 0. The lowest BCUT2D eigenvalue weighted by Crippen LogP contribution is -2.37. The number of allylic oxidation sites excluding steroid dienone is 1. The molecule has 1 amide bonds. The van der Waals surface area contributed by atoms with Gasteiger partial charge in [-0.05, 0) is 39.8 Å². The number of aromatic nitrogens is 3. The van der Waals surface area contributed by atoms with Crippen molar-refractivity contribution < 1.29 is 4.79 Å². The van der Waals surface area contributed by atoms with Gasteiger partial charge in [-0.3, -0.25) is 4.79 Å². The van der Waals surface area contributed by atoms with Crippen LogP contribution in [0, 0.1) is 5.92 Å². The first-order valence-corrected chi connectivity index (χ1v) is 7.55. The van der Waals surface area contributed by atoms with Crippen molar-refractivity contribution >= 4 is 5.91 Å². The molecule has 1 aliphatic heterocycles. The Balaban J connectivity index is 1.73. The number of hydrogen-bond acceptors (Lipinski definition) is 4. The van der Waals surface area contributed by atoms with Crippen LogP contribution in [0.5, 0.6) is 0 Å². The van der Waals surface area contributed by atoms with Crippen molar-refractivity contribution in [2.24, 2.45) is 5.92 Å². The normalized spacial score (nSPS) is 26.7. The summed E-state index contributed by atoms with van der Waals surface area (Å²) >= 11 is 0. The lowest BCUT2D eigenvalue weighted by molar-refractivity contribution is -0.125. The molecule has 2 heterocycles. The Morgan fingerprint density at radius 3 is 2.67 bits per heavy atom. The summed E-state index contributed by atoms with van der Waals surface area (Å²) < 4.78 is 1.87. The van der Waals surface area contributed by atoms with E-state index >= 15 is 0 Å². The van der Waals surface area contributed by atoms with Crippen molar-refractivity contribution in [3.63, 3.8) is 0 Å². The van der Waals surface area contributed by atoms with Crippen molar-refractivity contribution in [2.75, 3.05) is 27.2 Å². The zero-order chi connectivity index (χ0) is 15.0. The number of carbonyl (C=O) groups is 1. The van der Waals surface area contributed by atoms with E-state index in [1.807, 2.05) is 35.9 Å². The molecule has 0 aromatic carbocycles. The van der Waals surface area contributed by atoms with Crippen LogP contribution < -0.4 is 0 Å². The zero-order valence-corrected chi connectivity index (χ0v) is 12.9. The molecule has 2 aliphatic rings. The van der Waals surface area contributed by atoms with Crippen LogP contribution in [0.3, 0.4) is 0 Å². The standard InChI is InChI=1S/C15H23N5O/c1-11(12-4-5-12)8-15(21)19-9-13(18(2)3)14(10-19)20-7-6-16-17-20/h6-8,12-14H,4-5,9-10H2,1-3H3/b11-8+/t13-,14+/m1/s1. The van der Waals surface area contributed by atoms with Gasteiger partial charge in [0.25, 0.3) is 0 Å². The van der Waals surface area contributed by atoms with Gasteiger partial charge >= 0.3 is 0 Å². The second kappa shape index (κ2) is 5.60. The minimum atomic E-state index is 0.133.